The summed E-state index contributed by atoms with van der Waals surface area (Å²) in [4.78, 5) is 18.3. The molecule has 2 saturated heterocycles. The van der Waals surface area contributed by atoms with Crippen LogP contribution in [0.4, 0.5) is 10.1 Å². The molecule has 2 aliphatic rings. The van der Waals surface area contributed by atoms with E-state index in [0.29, 0.717) is 16.4 Å². The average molecular weight is 384 g/mol. The van der Waals surface area contributed by atoms with Crippen LogP contribution >= 0.6 is 11.8 Å². The number of amidine groups is 1. The Hall–Kier alpha value is -1.41. The van der Waals surface area contributed by atoms with Gasteiger partial charge in [-0.3, -0.25) is 4.79 Å². The van der Waals surface area contributed by atoms with Gasteiger partial charge in [0.1, 0.15) is 5.82 Å². The second-order valence-corrected chi connectivity index (χ2v) is 10.9. The molecule has 0 radical (unpaired) electrons. The summed E-state index contributed by atoms with van der Waals surface area (Å²) in [5.41, 5.74) is 0.401. The fourth-order valence-corrected chi connectivity index (χ4v) is 6.76. The standard InChI is InChI=1S/C17H21FN2O3S2/c1-10-5-6-11(7-12(10)18)20-13-8-25(22,23)9-14(13)24-16(20)19-15(21)17(2,3)4/h5-7,13-14H,8-9H2,1-4H3/t13-,14-/m1/s1. The van der Waals surface area contributed by atoms with Gasteiger partial charge in [-0.15, -0.1) is 0 Å². The van der Waals surface area contributed by atoms with Crippen LogP contribution in [0.1, 0.15) is 26.3 Å². The highest BCUT2D eigenvalue weighted by Gasteiger charge is 2.49. The molecule has 0 N–H and O–H groups in total. The Balaban J connectivity index is 2.05. The highest BCUT2D eigenvalue weighted by Crippen LogP contribution is 2.41. The number of fused-ring (bicyclic) bond motifs is 1. The van der Waals surface area contributed by atoms with Gasteiger partial charge in [0, 0.05) is 16.4 Å². The number of carbonyl (C=O) groups is 1. The molecule has 0 unspecified atom stereocenters. The van der Waals surface area contributed by atoms with Crippen molar-refractivity contribution in [3.63, 3.8) is 0 Å². The normalized spacial score (nSPS) is 26.9. The zero-order valence-corrected chi connectivity index (χ0v) is 16.2. The van der Waals surface area contributed by atoms with E-state index < -0.39 is 15.3 Å². The minimum Gasteiger partial charge on any atom is -0.315 e. The number of carbonyl (C=O) groups excluding carboxylic acids is 1. The van der Waals surface area contributed by atoms with Gasteiger partial charge >= 0.3 is 0 Å². The number of nitrogens with zero attached hydrogens (tertiary/aromatic N) is 2. The van der Waals surface area contributed by atoms with Gasteiger partial charge in [-0.1, -0.05) is 38.6 Å². The number of sulfone groups is 1. The van der Waals surface area contributed by atoms with Crippen LogP contribution in [0.5, 0.6) is 0 Å². The molecule has 1 aromatic carbocycles. The first-order valence-electron chi connectivity index (χ1n) is 8.03. The topological polar surface area (TPSA) is 66.8 Å². The monoisotopic (exact) mass is 384 g/mol. The van der Waals surface area contributed by atoms with E-state index in [1.165, 1.54) is 17.8 Å². The molecule has 2 aliphatic heterocycles. The molecule has 25 heavy (non-hydrogen) atoms. The van der Waals surface area contributed by atoms with E-state index in [9.17, 15) is 17.6 Å². The summed E-state index contributed by atoms with van der Waals surface area (Å²) in [5.74, 6) is -0.609. The summed E-state index contributed by atoms with van der Waals surface area (Å²) in [6.07, 6.45) is 0. The van der Waals surface area contributed by atoms with Crippen molar-refractivity contribution in [1.82, 2.24) is 0 Å². The molecule has 0 spiro atoms. The number of halogens is 1. The molecular weight excluding hydrogens is 363 g/mol. The molecule has 2 fully saturated rings. The van der Waals surface area contributed by atoms with Crippen LogP contribution in [0, 0.1) is 18.2 Å². The first-order valence-corrected chi connectivity index (χ1v) is 10.7. The van der Waals surface area contributed by atoms with E-state index in [0.717, 1.165) is 0 Å². The third-order valence-electron chi connectivity index (χ3n) is 4.34. The number of anilines is 1. The molecule has 2 heterocycles. The Morgan fingerprint density at radius 2 is 2.00 bits per heavy atom. The van der Waals surface area contributed by atoms with Gasteiger partial charge in [-0.25, -0.2) is 12.8 Å². The molecule has 3 rings (SSSR count). The molecule has 8 heteroatoms. The zero-order chi connectivity index (χ0) is 18.6. The zero-order valence-electron chi connectivity index (χ0n) is 14.6. The van der Waals surface area contributed by atoms with Crippen molar-refractivity contribution in [3.05, 3.63) is 29.6 Å². The molecular formula is C17H21FN2O3S2. The maximum absolute atomic E-state index is 14.0. The summed E-state index contributed by atoms with van der Waals surface area (Å²) < 4.78 is 38.1. The lowest BCUT2D eigenvalue weighted by molar-refractivity contribution is -0.124. The highest BCUT2D eigenvalue weighted by atomic mass is 32.2. The number of thioether (sulfide) groups is 1. The van der Waals surface area contributed by atoms with Crippen molar-refractivity contribution in [3.8, 4) is 0 Å². The number of hydrogen-bond donors (Lipinski definition) is 0. The molecule has 136 valence electrons. The van der Waals surface area contributed by atoms with Gasteiger partial charge in [-0.2, -0.15) is 4.99 Å². The maximum Gasteiger partial charge on any atom is 0.253 e. The molecule has 1 aromatic rings. The summed E-state index contributed by atoms with van der Waals surface area (Å²) in [6.45, 7) is 7.00. The van der Waals surface area contributed by atoms with E-state index in [4.69, 9.17) is 0 Å². The molecule has 0 bridgehead atoms. The molecule has 0 aliphatic carbocycles. The Bertz CT molecular complexity index is 859. The van der Waals surface area contributed by atoms with Crippen LogP contribution in [-0.2, 0) is 14.6 Å². The number of aryl methyl sites for hydroxylation is 1. The van der Waals surface area contributed by atoms with E-state index >= 15 is 0 Å². The lowest BCUT2D eigenvalue weighted by Gasteiger charge is -2.25. The van der Waals surface area contributed by atoms with Gasteiger partial charge < -0.3 is 4.90 Å². The fourth-order valence-electron chi connectivity index (χ4n) is 2.85. The quantitative estimate of drug-likeness (QED) is 0.745. The maximum atomic E-state index is 14.0. The number of amides is 1. The Kier molecular flexibility index (Phi) is 4.48. The molecule has 0 saturated carbocycles. The second-order valence-electron chi connectivity index (χ2n) is 7.55. The minimum atomic E-state index is -3.14. The van der Waals surface area contributed by atoms with Gasteiger partial charge in [0.15, 0.2) is 15.0 Å². The molecule has 2 atom stereocenters. The molecule has 0 aromatic heterocycles. The SMILES string of the molecule is Cc1ccc(N2C(=NC(=O)C(C)(C)C)S[C@@H]3CS(=O)(=O)C[C@H]32)cc1F. The van der Waals surface area contributed by atoms with E-state index in [2.05, 4.69) is 4.99 Å². The van der Waals surface area contributed by atoms with Crippen LogP contribution in [-0.4, -0.2) is 42.3 Å². The van der Waals surface area contributed by atoms with Gasteiger partial charge in [0.05, 0.1) is 17.5 Å². The van der Waals surface area contributed by atoms with Crippen molar-refractivity contribution >= 4 is 38.4 Å². The highest BCUT2D eigenvalue weighted by molar-refractivity contribution is 8.16. The number of rotatable bonds is 1. The van der Waals surface area contributed by atoms with Crippen LogP contribution in [0.2, 0.25) is 0 Å². The van der Waals surface area contributed by atoms with Crippen LogP contribution in [0.3, 0.4) is 0 Å². The third-order valence-corrected chi connectivity index (χ3v) is 7.55. The summed E-state index contributed by atoms with van der Waals surface area (Å²) in [7, 11) is -3.14. The van der Waals surface area contributed by atoms with E-state index in [1.54, 1.807) is 44.7 Å². The van der Waals surface area contributed by atoms with E-state index in [1.807, 2.05) is 0 Å². The van der Waals surface area contributed by atoms with Crippen molar-refractivity contribution in [2.45, 2.75) is 39.0 Å². The molecule has 1 amide bonds. The van der Waals surface area contributed by atoms with E-state index in [-0.39, 0.29) is 34.5 Å². The Morgan fingerprint density at radius 1 is 1.32 bits per heavy atom. The second kappa shape index (κ2) is 6.09. The summed E-state index contributed by atoms with van der Waals surface area (Å²) >= 11 is 1.29. The van der Waals surface area contributed by atoms with Crippen molar-refractivity contribution < 1.29 is 17.6 Å². The number of benzene rings is 1. The van der Waals surface area contributed by atoms with Gasteiger partial charge in [0.25, 0.3) is 5.91 Å². The number of hydrogen-bond acceptors (Lipinski definition) is 4. The van der Waals surface area contributed by atoms with Crippen molar-refractivity contribution in [2.24, 2.45) is 10.4 Å². The predicted octanol–water partition coefficient (Wildman–Crippen LogP) is 2.78. The first kappa shape index (κ1) is 18.4. The average Bonchev–Trinajstić information content (AvgIpc) is 2.92. The fraction of sp³-hybridized carbons (Fsp3) is 0.529. The molecule has 5 nitrogen and oxygen atoms in total. The minimum absolute atomic E-state index is 0.0110. The predicted molar refractivity (Wildman–Crippen MR) is 99.3 cm³/mol. The number of aliphatic imine (C=N–C) groups is 1. The smallest absolute Gasteiger partial charge is 0.253 e. The van der Waals surface area contributed by atoms with Crippen LogP contribution < -0.4 is 4.90 Å². The summed E-state index contributed by atoms with van der Waals surface area (Å²) in [5, 5.41) is 0.258. The van der Waals surface area contributed by atoms with Crippen LogP contribution in [0.15, 0.2) is 23.2 Å². The van der Waals surface area contributed by atoms with Crippen LogP contribution in [0.25, 0.3) is 0 Å². The largest absolute Gasteiger partial charge is 0.315 e. The van der Waals surface area contributed by atoms with Gasteiger partial charge in [0.2, 0.25) is 0 Å². The third kappa shape index (κ3) is 3.60. The van der Waals surface area contributed by atoms with Gasteiger partial charge in [-0.05, 0) is 24.6 Å². The Morgan fingerprint density at radius 3 is 2.60 bits per heavy atom. The van der Waals surface area contributed by atoms with Crippen molar-refractivity contribution in [2.75, 3.05) is 16.4 Å². The summed E-state index contributed by atoms with van der Waals surface area (Å²) in [6, 6.07) is 4.43. The Labute approximate surface area is 151 Å². The lowest BCUT2D eigenvalue weighted by Crippen LogP contribution is -2.38. The first-order chi connectivity index (χ1) is 11.5. The lowest BCUT2D eigenvalue weighted by atomic mass is 9.96. The van der Waals surface area contributed by atoms with Crippen molar-refractivity contribution in [1.29, 1.82) is 0 Å².